The van der Waals surface area contributed by atoms with E-state index < -0.39 is 29.2 Å². The van der Waals surface area contributed by atoms with Crippen LogP contribution in [0.3, 0.4) is 0 Å². The van der Waals surface area contributed by atoms with Gasteiger partial charge >= 0.3 is 0 Å². The van der Waals surface area contributed by atoms with Gasteiger partial charge in [0.05, 0.1) is 26.1 Å². The maximum atomic E-state index is 13.7. The van der Waals surface area contributed by atoms with Gasteiger partial charge in [0, 0.05) is 6.08 Å². The summed E-state index contributed by atoms with van der Waals surface area (Å²) in [6.07, 6.45) is 3.42. The van der Waals surface area contributed by atoms with E-state index >= 15 is 0 Å². The highest BCUT2D eigenvalue weighted by atomic mass is 32.2. The van der Waals surface area contributed by atoms with Crippen LogP contribution in [0.15, 0.2) is 31.5 Å². The van der Waals surface area contributed by atoms with Gasteiger partial charge in [-0.3, -0.25) is 19.2 Å². The molecule has 9 heteroatoms. The van der Waals surface area contributed by atoms with Gasteiger partial charge in [-0.2, -0.15) is 0 Å². The Labute approximate surface area is 177 Å². The molecule has 1 fully saturated rings. The molecule has 1 saturated heterocycles. The first kappa shape index (κ1) is 21.8. The van der Waals surface area contributed by atoms with E-state index in [0.717, 1.165) is 23.5 Å². The van der Waals surface area contributed by atoms with Crippen LogP contribution in [-0.2, 0) is 19.2 Å². The molecule has 0 spiro atoms. The van der Waals surface area contributed by atoms with Crippen molar-refractivity contribution in [3.05, 3.63) is 31.5 Å². The van der Waals surface area contributed by atoms with Crippen LogP contribution in [0.2, 0.25) is 0 Å². The van der Waals surface area contributed by atoms with Gasteiger partial charge in [0.15, 0.2) is 11.6 Å². The molecule has 0 unspecified atom stereocenters. The predicted molar refractivity (Wildman–Crippen MR) is 111 cm³/mol. The number of hydrogen-bond acceptors (Lipinski definition) is 6. The molecular weight excluding hydrogens is 415 g/mol. The minimum absolute atomic E-state index is 0.0331. The zero-order chi connectivity index (χ0) is 21.5. The molecule has 1 aliphatic carbocycles. The molecule has 3 rings (SSSR count). The molecule has 2 heterocycles. The van der Waals surface area contributed by atoms with Crippen molar-refractivity contribution >= 4 is 46.9 Å². The summed E-state index contributed by atoms with van der Waals surface area (Å²) >= 11 is 1.77. The lowest BCUT2D eigenvalue weighted by molar-refractivity contribution is -0.158. The van der Waals surface area contributed by atoms with Crippen molar-refractivity contribution in [1.29, 1.82) is 0 Å². The molecule has 0 radical (unpaired) electrons. The van der Waals surface area contributed by atoms with Crippen molar-refractivity contribution in [2.45, 2.75) is 65.5 Å². The molecule has 0 aromatic heterocycles. The fourth-order valence-electron chi connectivity index (χ4n) is 3.71. The third kappa shape index (κ3) is 3.48. The molecular formula is C20H23FN2O4S2. The Kier molecular flexibility index (Phi) is 6.38. The van der Waals surface area contributed by atoms with Gasteiger partial charge in [0.2, 0.25) is 5.78 Å². The van der Waals surface area contributed by atoms with Crippen LogP contribution >= 0.6 is 23.5 Å². The number of hydrazine groups is 1. The van der Waals surface area contributed by atoms with Gasteiger partial charge < -0.3 is 0 Å². The van der Waals surface area contributed by atoms with Gasteiger partial charge in [0.25, 0.3) is 11.8 Å². The molecule has 0 atom stereocenters. The molecule has 0 aromatic rings. The van der Waals surface area contributed by atoms with E-state index in [9.17, 15) is 23.6 Å². The van der Waals surface area contributed by atoms with Crippen molar-refractivity contribution in [2.24, 2.45) is 0 Å². The number of ketones is 2. The summed E-state index contributed by atoms with van der Waals surface area (Å²) in [7, 11) is 0. The number of allylic oxidation sites excluding steroid dienone is 4. The molecule has 0 aromatic carbocycles. The maximum absolute atomic E-state index is 13.7. The first-order chi connectivity index (χ1) is 13.8. The number of Topliss-reactive ketones (excluding diaryl/α,β-unsaturated/α-hetero) is 1. The summed E-state index contributed by atoms with van der Waals surface area (Å²) in [5.74, 6) is -3.44. The Morgan fingerprint density at radius 2 is 1.28 bits per heavy atom. The average molecular weight is 439 g/mol. The van der Waals surface area contributed by atoms with E-state index in [2.05, 4.69) is 0 Å². The number of thioether (sulfide) groups is 2. The highest BCUT2D eigenvalue weighted by molar-refractivity contribution is 8.29. The minimum Gasteiger partial charge on any atom is -0.289 e. The molecule has 0 N–H and O–H groups in total. The highest BCUT2D eigenvalue weighted by Crippen LogP contribution is 2.54. The van der Waals surface area contributed by atoms with Crippen molar-refractivity contribution < 1.29 is 23.6 Å². The van der Waals surface area contributed by atoms with Gasteiger partial charge in [-0.05, 0) is 25.7 Å². The average Bonchev–Trinajstić information content (AvgIpc) is 3.23. The Bertz CT molecular complexity index is 853. The Morgan fingerprint density at radius 3 is 1.72 bits per heavy atom. The van der Waals surface area contributed by atoms with Crippen LogP contribution in [0.5, 0.6) is 0 Å². The second-order valence-corrected chi connectivity index (χ2v) is 9.25. The lowest BCUT2D eigenvalue weighted by atomic mass is 10.1. The lowest BCUT2D eigenvalue weighted by Crippen LogP contribution is -2.51. The van der Waals surface area contributed by atoms with E-state index in [1.165, 1.54) is 0 Å². The lowest BCUT2D eigenvalue weighted by Gasteiger charge is -2.38. The fourth-order valence-corrected chi connectivity index (χ4v) is 6.28. The maximum Gasteiger partial charge on any atom is 0.280 e. The highest BCUT2D eigenvalue weighted by Gasteiger charge is 2.49. The quantitative estimate of drug-likeness (QED) is 0.356. The second-order valence-electron chi connectivity index (χ2n) is 6.95. The van der Waals surface area contributed by atoms with Crippen LogP contribution < -0.4 is 0 Å². The third-order valence-corrected chi connectivity index (χ3v) is 7.97. The Hall–Kier alpha value is -1.87. The minimum atomic E-state index is -1.12. The number of carbonyl (C=O) groups excluding carboxylic acids is 4. The van der Waals surface area contributed by atoms with Gasteiger partial charge in [-0.15, -0.1) is 0 Å². The summed E-state index contributed by atoms with van der Waals surface area (Å²) in [5, 5.41) is 3.09. The van der Waals surface area contributed by atoms with Crippen LogP contribution in [0, 0.1) is 0 Å². The first-order valence-corrected chi connectivity index (χ1v) is 11.4. The summed E-state index contributed by atoms with van der Waals surface area (Å²) in [4.78, 5) is 50.9. The van der Waals surface area contributed by atoms with E-state index in [1.807, 2.05) is 27.7 Å². The largest absolute Gasteiger partial charge is 0.289 e. The number of nitrogens with zero attached hydrogens (tertiary/aromatic N) is 2. The van der Waals surface area contributed by atoms with Crippen molar-refractivity contribution in [3.8, 4) is 0 Å². The van der Waals surface area contributed by atoms with Crippen LogP contribution in [-0.4, -0.2) is 45.5 Å². The summed E-state index contributed by atoms with van der Waals surface area (Å²) in [6.45, 7) is 7.86. The van der Waals surface area contributed by atoms with E-state index in [0.29, 0.717) is 31.8 Å². The van der Waals surface area contributed by atoms with Gasteiger partial charge in [-0.25, -0.2) is 14.4 Å². The third-order valence-electron chi connectivity index (χ3n) is 5.36. The number of rotatable bonds is 6. The molecule has 2 amide bonds. The topological polar surface area (TPSA) is 74.8 Å². The van der Waals surface area contributed by atoms with Crippen LogP contribution in [0.25, 0.3) is 0 Å². The number of amides is 2. The Morgan fingerprint density at radius 1 is 0.828 bits per heavy atom. The predicted octanol–water partition coefficient (Wildman–Crippen LogP) is 3.86. The second kappa shape index (κ2) is 8.47. The fraction of sp³-hybridized carbons (Fsp3) is 0.500. The van der Waals surface area contributed by atoms with Crippen molar-refractivity contribution in [2.75, 3.05) is 0 Å². The summed E-state index contributed by atoms with van der Waals surface area (Å²) < 4.78 is 14.0. The summed E-state index contributed by atoms with van der Waals surface area (Å²) in [6, 6.07) is -0.266. The number of hydrogen-bond donors (Lipinski definition) is 0. The van der Waals surface area contributed by atoms with E-state index in [4.69, 9.17) is 0 Å². The molecule has 0 saturated carbocycles. The smallest absolute Gasteiger partial charge is 0.280 e. The number of carbonyl (C=O) groups is 4. The van der Waals surface area contributed by atoms with Crippen molar-refractivity contribution in [3.63, 3.8) is 0 Å². The molecule has 29 heavy (non-hydrogen) atoms. The summed E-state index contributed by atoms with van der Waals surface area (Å²) in [5.41, 5.74) is -0.0331. The zero-order valence-corrected chi connectivity index (χ0v) is 18.4. The molecule has 2 aliphatic heterocycles. The normalized spacial score (nSPS) is 20.2. The monoisotopic (exact) mass is 438 g/mol. The van der Waals surface area contributed by atoms with Crippen LogP contribution in [0.1, 0.15) is 53.4 Å². The van der Waals surface area contributed by atoms with Crippen molar-refractivity contribution in [1.82, 2.24) is 10.0 Å². The molecule has 0 bridgehead atoms. The molecule has 156 valence electrons. The SMILES string of the molecule is CCC(CC)N1C(=O)C(=C2SC3=C(S2)C(=O)C(F)=CC3=O)C(=O)N1C(CC)CC. The first-order valence-electron chi connectivity index (χ1n) is 9.77. The Balaban J connectivity index is 2.05. The molecule has 3 aliphatic rings. The van der Waals surface area contributed by atoms with Crippen LogP contribution in [0.4, 0.5) is 4.39 Å². The molecule has 6 nitrogen and oxygen atoms in total. The van der Waals surface area contributed by atoms with E-state index in [-0.39, 0.29) is 31.7 Å². The number of halogens is 1. The standard InChI is InChI=1S/C20H23FN2O4S2/c1-5-10(6-2)22-18(26)14(19(27)23(22)11(7-3)8-4)20-28-16-13(24)9-12(21)15(25)17(16)29-20/h9-11H,5-8H2,1-4H3. The van der Waals surface area contributed by atoms with E-state index in [1.54, 1.807) is 10.0 Å². The zero-order valence-electron chi connectivity index (χ0n) is 16.8. The van der Waals surface area contributed by atoms with Gasteiger partial charge in [0.1, 0.15) is 5.57 Å². The van der Waals surface area contributed by atoms with Gasteiger partial charge in [-0.1, -0.05) is 51.2 Å².